The van der Waals surface area contributed by atoms with Gasteiger partial charge in [0.25, 0.3) is 0 Å². The summed E-state index contributed by atoms with van der Waals surface area (Å²) >= 11 is 0. The lowest BCUT2D eigenvalue weighted by Gasteiger charge is -2.28. The van der Waals surface area contributed by atoms with Crippen LogP contribution in [-0.2, 0) is 4.74 Å². The third-order valence-electron chi connectivity index (χ3n) is 3.10. The van der Waals surface area contributed by atoms with Gasteiger partial charge in [0.1, 0.15) is 12.1 Å². The SMILES string of the molecule is c1cc(Nc2ccc(N3CCOCC3)cc2)ncn1. The van der Waals surface area contributed by atoms with Gasteiger partial charge >= 0.3 is 0 Å². The average Bonchev–Trinajstić information content (AvgIpc) is 2.50. The number of morpholine rings is 1. The maximum atomic E-state index is 5.36. The molecule has 0 bridgehead atoms. The molecule has 0 atom stereocenters. The molecule has 1 aromatic heterocycles. The number of nitrogens with one attached hydrogen (secondary N) is 1. The maximum absolute atomic E-state index is 5.36. The molecule has 5 heteroatoms. The van der Waals surface area contributed by atoms with Crippen molar-refractivity contribution in [1.82, 2.24) is 9.97 Å². The lowest BCUT2D eigenvalue weighted by molar-refractivity contribution is 0.122. The molecule has 1 fully saturated rings. The predicted octanol–water partition coefficient (Wildman–Crippen LogP) is 2.06. The number of hydrogen-bond acceptors (Lipinski definition) is 5. The van der Waals surface area contributed by atoms with Crippen molar-refractivity contribution >= 4 is 17.2 Å². The van der Waals surface area contributed by atoms with Crippen LogP contribution in [0.2, 0.25) is 0 Å². The van der Waals surface area contributed by atoms with Crippen LogP contribution in [0.4, 0.5) is 17.2 Å². The van der Waals surface area contributed by atoms with E-state index in [1.54, 1.807) is 6.20 Å². The van der Waals surface area contributed by atoms with Gasteiger partial charge in [-0.25, -0.2) is 9.97 Å². The summed E-state index contributed by atoms with van der Waals surface area (Å²) in [5, 5.41) is 3.24. The van der Waals surface area contributed by atoms with Crippen molar-refractivity contribution in [3.05, 3.63) is 42.9 Å². The highest BCUT2D eigenvalue weighted by Crippen LogP contribution is 2.20. The number of benzene rings is 1. The summed E-state index contributed by atoms with van der Waals surface area (Å²) in [5.41, 5.74) is 2.26. The molecule has 5 nitrogen and oxygen atoms in total. The Labute approximate surface area is 112 Å². The summed E-state index contributed by atoms with van der Waals surface area (Å²) in [6.07, 6.45) is 3.25. The molecule has 0 spiro atoms. The molecule has 0 unspecified atom stereocenters. The molecule has 1 aliphatic heterocycles. The van der Waals surface area contributed by atoms with E-state index in [0.29, 0.717) is 0 Å². The highest BCUT2D eigenvalue weighted by molar-refractivity contribution is 5.60. The van der Waals surface area contributed by atoms with Gasteiger partial charge in [-0.2, -0.15) is 0 Å². The Hall–Kier alpha value is -2.14. The van der Waals surface area contributed by atoms with E-state index in [-0.39, 0.29) is 0 Å². The fourth-order valence-corrected chi connectivity index (χ4v) is 2.09. The van der Waals surface area contributed by atoms with Crippen molar-refractivity contribution < 1.29 is 4.74 Å². The van der Waals surface area contributed by atoms with Gasteiger partial charge in [-0.1, -0.05) is 0 Å². The fraction of sp³-hybridized carbons (Fsp3) is 0.286. The van der Waals surface area contributed by atoms with E-state index in [2.05, 4.69) is 44.5 Å². The maximum Gasteiger partial charge on any atom is 0.133 e. The van der Waals surface area contributed by atoms with Crippen molar-refractivity contribution in [2.45, 2.75) is 0 Å². The molecule has 1 aromatic carbocycles. The average molecular weight is 256 g/mol. The molecule has 2 aromatic rings. The Morgan fingerprint density at radius 3 is 2.53 bits per heavy atom. The van der Waals surface area contributed by atoms with Gasteiger partial charge in [0.05, 0.1) is 13.2 Å². The fourth-order valence-electron chi connectivity index (χ4n) is 2.09. The summed E-state index contributed by atoms with van der Waals surface area (Å²) in [6, 6.07) is 10.2. The van der Waals surface area contributed by atoms with Crippen LogP contribution in [0.1, 0.15) is 0 Å². The normalized spacial score (nSPS) is 15.3. The minimum Gasteiger partial charge on any atom is -0.378 e. The summed E-state index contributed by atoms with van der Waals surface area (Å²) in [7, 11) is 0. The highest BCUT2D eigenvalue weighted by Gasteiger charge is 2.10. The summed E-state index contributed by atoms with van der Waals surface area (Å²) in [4.78, 5) is 10.4. The standard InChI is InChI=1S/C14H16N4O/c1-3-13(18-7-9-19-10-8-18)4-2-12(1)17-14-5-6-15-11-16-14/h1-6,11H,7-10H2,(H,15,16,17). The van der Waals surface area contributed by atoms with E-state index in [1.165, 1.54) is 12.0 Å². The molecule has 0 aliphatic carbocycles. The van der Waals surface area contributed by atoms with Crippen molar-refractivity contribution in [2.24, 2.45) is 0 Å². The first-order chi connectivity index (χ1) is 9.42. The van der Waals surface area contributed by atoms with E-state index < -0.39 is 0 Å². The number of ether oxygens (including phenoxy) is 1. The quantitative estimate of drug-likeness (QED) is 0.911. The molecule has 0 radical (unpaired) electrons. The smallest absolute Gasteiger partial charge is 0.133 e. The first-order valence-electron chi connectivity index (χ1n) is 6.37. The molecule has 1 aliphatic rings. The van der Waals surface area contributed by atoms with Gasteiger partial charge in [0, 0.05) is 30.7 Å². The predicted molar refractivity (Wildman–Crippen MR) is 74.8 cm³/mol. The van der Waals surface area contributed by atoms with Gasteiger partial charge in [-0.05, 0) is 30.3 Å². The van der Waals surface area contributed by atoms with Gasteiger partial charge in [0.2, 0.25) is 0 Å². The molecular formula is C14H16N4O. The van der Waals surface area contributed by atoms with Gasteiger partial charge < -0.3 is 15.0 Å². The molecular weight excluding hydrogens is 240 g/mol. The molecule has 1 saturated heterocycles. The lowest BCUT2D eigenvalue weighted by atomic mass is 10.2. The number of aromatic nitrogens is 2. The molecule has 1 N–H and O–H groups in total. The molecule has 2 heterocycles. The first-order valence-corrected chi connectivity index (χ1v) is 6.37. The minimum absolute atomic E-state index is 0.800. The zero-order valence-electron chi connectivity index (χ0n) is 10.6. The lowest BCUT2D eigenvalue weighted by Crippen LogP contribution is -2.36. The van der Waals surface area contributed by atoms with Crippen LogP contribution in [0.3, 0.4) is 0 Å². The zero-order chi connectivity index (χ0) is 12.9. The van der Waals surface area contributed by atoms with Crippen LogP contribution in [0, 0.1) is 0 Å². The second-order valence-electron chi connectivity index (χ2n) is 4.37. The van der Waals surface area contributed by atoms with Crippen molar-refractivity contribution in [3.8, 4) is 0 Å². The Balaban J connectivity index is 1.68. The third-order valence-corrected chi connectivity index (χ3v) is 3.10. The van der Waals surface area contributed by atoms with Crippen LogP contribution in [0.25, 0.3) is 0 Å². The third kappa shape index (κ3) is 3.00. The highest BCUT2D eigenvalue weighted by atomic mass is 16.5. The summed E-state index contributed by atoms with van der Waals surface area (Å²) < 4.78 is 5.36. The van der Waals surface area contributed by atoms with Gasteiger partial charge in [0.15, 0.2) is 0 Å². The monoisotopic (exact) mass is 256 g/mol. The van der Waals surface area contributed by atoms with Crippen LogP contribution < -0.4 is 10.2 Å². The van der Waals surface area contributed by atoms with Crippen LogP contribution in [-0.4, -0.2) is 36.3 Å². The topological polar surface area (TPSA) is 50.3 Å². The van der Waals surface area contributed by atoms with E-state index in [1.807, 2.05) is 6.07 Å². The molecule has 3 rings (SSSR count). The number of anilines is 3. The number of hydrogen-bond donors (Lipinski definition) is 1. The minimum atomic E-state index is 0.800. The molecule has 0 amide bonds. The van der Waals surface area contributed by atoms with E-state index in [0.717, 1.165) is 37.8 Å². The van der Waals surface area contributed by atoms with E-state index >= 15 is 0 Å². The Bertz CT molecular complexity index is 509. The Kier molecular flexibility index (Phi) is 3.56. The Morgan fingerprint density at radius 1 is 1.05 bits per heavy atom. The number of rotatable bonds is 3. The molecule has 19 heavy (non-hydrogen) atoms. The zero-order valence-corrected chi connectivity index (χ0v) is 10.6. The van der Waals surface area contributed by atoms with Crippen LogP contribution in [0.15, 0.2) is 42.9 Å². The van der Waals surface area contributed by atoms with Crippen LogP contribution >= 0.6 is 0 Å². The van der Waals surface area contributed by atoms with Crippen LogP contribution in [0.5, 0.6) is 0 Å². The molecule has 98 valence electrons. The second-order valence-corrected chi connectivity index (χ2v) is 4.37. The van der Waals surface area contributed by atoms with E-state index in [4.69, 9.17) is 4.74 Å². The van der Waals surface area contributed by atoms with Crippen molar-refractivity contribution in [3.63, 3.8) is 0 Å². The van der Waals surface area contributed by atoms with Gasteiger partial charge in [-0.15, -0.1) is 0 Å². The number of nitrogens with zero attached hydrogens (tertiary/aromatic N) is 3. The second kappa shape index (κ2) is 5.67. The summed E-state index contributed by atoms with van der Waals surface area (Å²) in [5.74, 6) is 0.800. The van der Waals surface area contributed by atoms with Crippen molar-refractivity contribution in [1.29, 1.82) is 0 Å². The van der Waals surface area contributed by atoms with E-state index in [9.17, 15) is 0 Å². The van der Waals surface area contributed by atoms with Crippen molar-refractivity contribution in [2.75, 3.05) is 36.5 Å². The first kappa shape index (κ1) is 11.9. The summed E-state index contributed by atoms with van der Waals surface area (Å²) in [6.45, 7) is 3.53. The Morgan fingerprint density at radius 2 is 1.84 bits per heavy atom. The molecule has 0 saturated carbocycles. The largest absolute Gasteiger partial charge is 0.378 e. The van der Waals surface area contributed by atoms with Gasteiger partial charge in [-0.3, -0.25) is 0 Å².